The van der Waals surface area contributed by atoms with E-state index in [1.54, 1.807) is 0 Å². The van der Waals surface area contributed by atoms with Gasteiger partial charge in [-0.2, -0.15) is 0 Å². The van der Waals surface area contributed by atoms with Gasteiger partial charge < -0.3 is 4.90 Å². The molecule has 0 spiro atoms. The SMILES string of the molecule is CCN1CC(SN)Cc2ccccc21. The van der Waals surface area contributed by atoms with Crippen LogP contribution in [0.3, 0.4) is 0 Å². The van der Waals surface area contributed by atoms with Crippen molar-refractivity contribution in [2.45, 2.75) is 18.6 Å². The van der Waals surface area contributed by atoms with Crippen molar-refractivity contribution < 1.29 is 0 Å². The number of anilines is 1. The molecule has 1 aliphatic heterocycles. The summed E-state index contributed by atoms with van der Waals surface area (Å²) in [6, 6.07) is 8.63. The van der Waals surface area contributed by atoms with Crippen LogP contribution in [0.5, 0.6) is 0 Å². The van der Waals surface area contributed by atoms with Gasteiger partial charge in [0, 0.05) is 24.0 Å². The Morgan fingerprint density at radius 2 is 2.29 bits per heavy atom. The number of hydrogen-bond acceptors (Lipinski definition) is 3. The van der Waals surface area contributed by atoms with Gasteiger partial charge in [-0.25, -0.2) is 0 Å². The summed E-state index contributed by atoms with van der Waals surface area (Å²) in [6.45, 7) is 4.34. The topological polar surface area (TPSA) is 29.3 Å². The second-order valence-electron chi connectivity index (χ2n) is 3.63. The van der Waals surface area contributed by atoms with Gasteiger partial charge in [0.05, 0.1) is 0 Å². The fourth-order valence-electron chi connectivity index (χ4n) is 2.04. The lowest BCUT2D eigenvalue weighted by Gasteiger charge is -2.34. The molecule has 2 N–H and O–H groups in total. The first-order chi connectivity index (χ1) is 6.85. The van der Waals surface area contributed by atoms with Gasteiger partial charge in [-0.15, -0.1) is 0 Å². The van der Waals surface area contributed by atoms with Crippen molar-refractivity contribution in [3.05, 3.63) is 29.8 Å². The molecule has 0 saturated carbocycles. The Balaban J connectivity index is 2.31. The monoisotopic (exact) mass is 208 g/mol. The molecule has 0 bridgehead atoms. The lowest BCUT2D eigenvalue weighted by Crippen LogP contribution is -2.37. The summed E-state index contributed by atoms with van der Waals surface area (Å²) < 4.78 is 0. The highest BCUT2D eigenvalue weighted by Gasteiger charge is 2.22. The van der Waals surface area contributed by atoms with Crippen molar-refractivity contribution in [3.63, 3.8) is 0 Å². The number of fused-ring (bicyclic) bond motifs is 1. The number of hydrogen-bond donors (Lipinski definition) is 1. The van der Waals surface area contributed by atoms with E-state index in [1.165, 1.54) is 23.2 Å². The Morgan fingerprint density at radius 3 is 3.00 bits per heavy atom. The third-order valence-corrected chi connectivity index (χ3v) is 3.48. The minimum absolute atomic E-state index is 0.546. The zero-order valence-electron chi connectivity index (χ0n) is 8.44. The summed E-state index contributed by atoms with van der Waals surface area (Å²) in [5, 5.41) is 6.21. The standard InChI is InChI=1S/C11H16N2S/c1-2-13-8-10(14-12)7-9-5-3-4-6-11(9)13/h3-6,10H,2,7-8,12H2,1H3. The van der Waals surface area contributed by atoms with E-state index in [4.69, 9.17) is 5.14 Å². The summed E-state index contributed by atoms with van der Waals surface area (Å²) in [7, 11) is 0. The third-order valence-electron chi connectivity index (χ3n) is 2.78. The highest BCUT2D eigenvalue weighted by Crippen LogP contribution is 2.29. The summed E-state index contributed by atoms with van der Waals surface area (Å²) in [5.41, 5.74) is 2.82. The van der Waals surface area contributed by atoms with Crippen LogP contribution in [0.25, 0.3) is 0 Å². The van der Waals surface area contributed by atoms with Crippen LogP contribution < -0.4 is 10.0 Å². The van der Waals surface area contributed by atoms with Gasteiger partial charge in [-0.05, 0) is 25.0 Å². The third kappa shape index (κ3) is 1.74. The van der Waals surface area contributed by atoms with Crippen molar-refractivity contribution in [1.82, 2.24) is 0 Å². The van der Waals surface area contributed by atoms with E-state index < -0.39 is 0 Å². The molecule has 1 aromatic rings. The second-order valence-corrected chi connectivity index (χ2v) is 4.57. The van der Waals surface area contributed by atoms with Crippen LogP contribution in [0.4, 0.5) is 5.69 Å². The zero-order valence-corrected chi connectivity index (χ0v) is 9.26. The minimum Gasteiger partial charge on any atom is -0.370 e. The Kier molecular flexibility index (Phi) is 2.99. The molecule has 14 heavy (non-hydrogen) atoms. The molecular weight excluding hydrogens is 192 g/mol. The summed E-state index contributed by atoms with van der Waals surface area (Å²) >= 11 is 1.49. The first kappa shape index (κ1) is 9.87. The van der Waals surface area contributed by atoms with Crippen LogP contribution >= 0.6 is 11.9 Å². The lowest BCUT2D eigenvalue weighted by atomic mass is 10.0. The maximum absolute atomic E-state index is 5.67. The Bertz CT molecular complexity index is 314. The normalized spacial score (nSPS) is 20.7. The van der Waals surface area contributed by atoms with Crippen LogP contribution in [-0.4, -0.2) is 18.3 Å². The highest BCUT2D eigenvalue weighted by atomic mass is 32.2. The first-order valence-electron chi connectivity index (χ1n) is 5.03. The first-order valence-corrected chi connectivity index (χ1v) is 5.97. The van der Waals surface area contributed by atoms with Gasteiger partial charge in [0.1, 0.15) is 0 Å². The maximum Gasteiger partial charge on any atom is 0.0407 e. The van der Waals surface area contributed by atoms with E-state index in [0.717, 1.165) is 19.5 Å². The van der Waals surface area contributed by atoms with E-state index in [0.29, 0.717) is 5.25 Å². The molecule has 1 heterocycles. The molecule has 0 fully saturated rings. The molecule has 3 heteroatoms. The van der Waals surface area contributed by atoms with Crippen molar-refractivity contribution >= 4 is 17.6 Å². The molecule has 0 radical (unpaired) electrons. The molecule has 2 nitrogen and oxygen atoms in total. The van der Waals surface area contributed by atoms with Crippen LogP contribution in [-0.2, 0) is 6.42 Å². The van der Waals surface area contributed by atoms with Crippen molar-refractivity contribution in [3.8, 4) is 0 Å². The zero-order chi connectivity index (χ0) is 9.97. The van der Waals surface area contributed by atoms with Crippen molar-refractivity contribution in [1.29, 1.82) is 0 Å². The van der Waals surface area contributed by atoms with Crippen LogP contribution in [0.15, 0.2) is 24.3 Å². The lowest BCUT2D eigenvalue weighted by molar-refractivity contribution is 0.722. The van der Waals surface area contributed by atoms with E-state index in [-0.39, 0.29) is 0 Å². The predicted octanol–water partition coefficient (Wildman–Crippen LogP) is 2.04. The number of benzene rings is 1. The number of rotatable bonds is 2. The second kappa shape index (κ2) is 4.24. The molecule has 0 saturated heterocycles. The van der Waals surface area contributed by atoms with Gasteiger partial charge in [-0.3, -0.25) is 5.14 Å². The minimum atomic E-state index is 0.546. The van der Waals surface area contributed by atoms with Crippen LogP contribution in [0.1, 0.15) is 12.5 Å². The predicted molar refractivity (Wildman–Crippen MR) is 63.6 cm³/mol. The molecule has 0 aliphatic carbocycles. The van der Waals surface area contributed by atoms with Gasteiger partial charge in [0.25, 0.3) is 0 Å². The van der Waals surface area contributed by atoms with Crippen molar-refractivity contribution in [2.75, 3.05) is 18.0 Å². The average molecular weight is 208 g/mol. The quantitative estimate of drug-likeness (QED) is 0.754. The molecule has 1 atom stereocenters. The van der Waals surface area contributed by atoms with E-state index in [9.17, 15) is 0 Å². The number of nitrogens with zero attached hydrogens (tertiary/aromatic N) is 1. The van der Waals surface area contributed by atoms with Gasteiger partial charge >= 0.3 is 0 Å². The smallest absolute Gasteiger partial charge is 0.0407 e. The van der Waals surface area contributed by atoms with E-state index >= 15 is 0 Å². The van der Waals surface area contributed by atoms with Crippen LogP contribution in [0, 0.1) is 0 Å². The fourth-order valence-corrected chi connectivity index (χ4v) is 2.58. The Labute approximate surface area is 89.6 Å². The molecule has 0 amide bonds. The molecule has 2 rings (SSSR count). The van der Waals surface area contributed by atoms with E-state index in [2.05, 4.69) is 36.1 Å². The van der Waals surface area contributed by atoms with Crippen LogP contribution in [0.2, 0.25) is 0 Å². The highest BCUT2D eigenvalue weighted by molar-refractivity contribution is 7.97. The van der Waals surface area contributed by atoms with Gasteiger partial charge in [0.2, 0.25) is 0 Å². The average Bonchev–Trinajstić information content (AvgIpc) is 2.27. The summed E-state index contributed by atoms with van der Waals surface area (Å²) in [4.78, 5) is 2.41. The fraction of sp³-hybridized carbons (Fsp3) is 0.455. The molecule has 1 unspecified atom stereocenters. The molecule has 0 aromatic heterocycles. The Hall–Kier alpha value is -0.670. The number of para-hydroxylation sites is 1. The van der Waals surface area contributed by atoms with Gasteiger partial charge in [-0.1, -0.05) is 30.1 Å². The molecule has 76 valence electrons. The van der Waals surface area contributed by atoms with Crippen molar-refractivity contribution in [2.24, 2.45) is 5.14 Å². The van der Waals surface area contributed by atoms with E-state index in [1.807, 2.05) is 0 Å². The maximum atomic E-state index is 5.67. The Morgan fingerprint density at radius 1 is 1.50 bits per heavy atom. The summed E-state index contributed by atoms with van der Waals surface area (Å²) in [5.74, 6) is 0. The number of nitrogens with two attached hydrogens (primary N) is 1. The largest absolute Gasteiger partial charge is 0.370 e. The molecular formula is C11H16N2S. The molecule has 1 aliphatic rings. The molecule has 1 aromatic carbocycles. The van der Waals surface area contributed by atoms with Gasteiger partial charge in [0.15, 0.2) is 0 Å². The summed E-state index contributed by atoms with van der Waals surface area (Å²) in [6.07, 6.45) is 1.10.